The third-order valence-electron chi connectivity index (χ3n) is 0.970. The van der Waals surface area contributed by atoms with E-state index in [1.54, 1.807) is 23.0 Å². The zero-order chi connectivity index (χ0) is 10.8. The topological polar surface area (TPSA) is 91.3 Å². The Balaban J connectivity index is 0.000000280. The lowest BCUT2D eigenvalue weighted by Crippen LogP contribution is -2.34. The van der Waals surface area contributed by atoms with Crippen LogP contribution >= 0.6 is 11.3 Å². The van der Waals surface area contributed by atoms with Crippen LogP contribution in [0, 0.1) is 0 Å². The van der Waals surface area contributed by atoms with E-state index in [-0.39, 0.29) is 12.5 Å². The van der Waals surface area contributed by atoms with Crippen molar-refractivity contribution >= 4 is 23.2 Å². The van der Waals surface area contributed by atoms with Crippen LogP contribution in [0.15, 0.2) is 17.1 Å². The fraction of sp³-hybridized carbons (Fsp3) is 0.286. The zero-order valence-electron chi connectivity index (χ0n) is 7.56. The molecule has 0 spiro atoms. The van der Waals surface area contributed by atoms with Crippen molar-refractivity contribution in [2.45, 2.75) is 6.92 Å². The maximum Gasteiger partial charge on any atom is 0.262 e. The molecule has 1 heterocycles. The molecular weight excluding hydrogens is 206 g/mol. The number of carbonyl (C=O) groups is 2. The van der Waals surface area contributed by atoms with Crippen molar-refractivity contribution in [3.05, 3.63) is 17.1 Å². The fourth-order valence-electron chi connectivity index (χ4n) is 0.420. The maximum atomic E-state index is 10.1. The normalized spacial score (nSPS) is 8.14. The second kappa shape index (κ2) is 8.14. The summed E-state index contributed by atoms with van der Waals surface area (Å²) in [5.41, 5.74) is 3.16. The molecule has 0 saturated heterocycles. The predicted molar refractivity (Wildman–Crippen MR) is 50.7 cm³/mol. The number of hydrogen-bond donors (Lipinski definition) is 3. The molecule has 1 aromatic rings. The van der Waals surface area contributed by atoms with Gasteiger partial charge in [-0.3, -0.25) is 19.8 Å². The minimum absolute atomic E-state index is 0.189. The Kier molecular flexibility index (Phi) is 7.29. The van der Waals surface area contributed by atoms with E-state index in [2.05, 4.69) is 10.3 Å². The Morgan fingerprint density at radius 3 is 2.57 bits per heavy atom. The zero-order valence-corrected chi connectivity index (χ0v) is 8.37. The Morgan fingerprint density at radius 1 is 1.57 bits per heavy atom. The molecule has 0 saturated carbocycles. The molecule has 0 aliphatic heterocycles. The van der Waals surface area contributed by atoms with Crippen molar-refractivity contribution in [2.24, 2.45) is 0 Å². The van der Waals surface area contributed by atoms with E-state index in [1.807, 2.05) is 5.38 Å². The van der Waals surface area contributed by atoms with Gasteiger partial charge in [0.1, 0.15) is 0 Å². The highest BCUT2D eigenvalue weighted by molar-refractivity contribution is 7.07. The Morgan fingerprint density at radius 2 is 2.29 bits per heavy atom. The highest BCUT2D eigenvalue weighted by atomic mass is 32.1. The number of rotatable bonds is 2. The molecular formula is C7H11N3O3S. The molecule has 78 valence electrons. The minimum Gasteiger partial charge on any atom is -0.347 e. The van der Waals surface area contributed by atoms with Gasteiger partial charge in [0.05, 0.1) is 12.1 Å². The van der Waals surface area contributed by atoms with E-state index in [1.165, 1.54) is 12.4 Å². The Hall–Kier alpha value is -1.47. The first-order chi connectivity index (χ1) is 6.66. The van der Waals surface area contributed by atoms with Crippen LogP contribution in [0.2, 0.25) is 0 Å². The minimum atomic E-state index is -0.634. The molecule has 0 aliphatic rings. The van der Waals surface area contributed by atoms with Crippen LogP contribution in [0.5, 0.6) is 0 Å². The van der Waals surface area contributed by atoms with Crippen LogP contribution in [-0.4, -0.2) is 28.6 Å². The highest BCUT2D eigenvalue weighted by Crippen LogP contribution is 1.85. The van der Waals surface area contributed by atoms with Gasteiger partial charge in [-0.05, 0) is 0 Å². The van der Waals surface area contributed by atoms with Crippen LogP contribution in [-0.2, 0) is 9.59 Å². The molecule has 1 rings (SSSR count). The molecule has 2 amide bonds. The van der Waals surface area contributed by atoms with Gasteiger partial charge < -0.3 is 5.32 Å². The summed E-state index contributed by atoms with van der Waals surface area (Å²) in [4.78, 5) is 24.0. The van der Waals surface area contributed by atoms with Gasteiger partial charge in [0, 0.05) is 18.5 Å². The summed E-state index contributed by atoms with van der Waals surface area (Å²) in [7, 11) is 0. The molecule has 0 bridgehead atoms. The van der Waals surface area contributed by atoms with E-state index >= 15 is 0 Å². The van der Waals surface area contributed by atoms with E-state index in [9.17, 15) is 9.59 Å². The van der Waals surface area contributed by atoms with Gasteiger partial charge in [0.25, 0.3) is 5.91 Å². The molecule has 0 radical (unpaired) electrons. The standard InChI is InChI=1S/C4H8N2O3.C3H3NS/c1-3(7)5-2-4(8)6-9;1-2-5-3-4-1/h9H,2H2,1H3,(H,5,7)(H,6,8);1-3H. The van der Waals surface area contributed by atoms with Gasteiger partial charge in [-0.2, -0.15) is 0 Å². The first-order valence-electron chi connectivity index (χ1n) is 3.66. The number of hydroxylamine groups is 1. The molecule has 6 nitrogen and oxygen atoms in total. The van der Waals surface area contributed by atoms with Gasteiger partial charge in [-0.25, -0.2) is 5.48 Å². The van der Waals surface area contributed by atoms with Gasteiger partial charge >= 0.3 is 0 Å². The lowest BCUT2D eigenvalue weighted by atomic mass is 10.6. The van der Waals surface area contributed by atoms with E-state index in [0.29, 0.717) is 0 Å². The molecule has 0 fully saturated rings. The maximum absolute atomic E-state index is 10.1. The Bertz CT molecular complexity index is 246. The number of carbonyl (C=O) groups excluding carboxylic acids is 2. The third-order valence-corrected chi connectivity index (χ3v) is 1.49. The number of hydrogen-bond acceptors (Lipinski definition) is 5. The van der Waals surface area contributed by atoms with Crippen molar-refractivity contribution in [1.29, 1.82) is 0 Å². The SMILES string of the molecule is CC(=O)NCC(=O)NO.c1cscn1. The van der Waals surface area contributed by atoms with Crippen molar-refractivity contribution in [3.63, 3.8) is 0 Å². The summed E-state index contributed by atoms with van der Waals surface area (Å²) >= 11 is 1.60. The molecule has 0 aliphatic carbocycles. The third kappa shape index (κ3) is 8.62. The first-order valence-corrected chi connectivity index (χ1v) is 4.60. The lowest BCUT2D eigenvalue weighted by molar-refractivity contribution is -0.130. The second-order valence-corrected chi connectivity index (χ2v) is 2.88. The average Bonchev–Trinajstić information content (AvgIpc) is 2.71. The number of nitrogens with one attached hydrogen (secondary N) is 2. The van der Waals surface area contributed by atoms with Crippen molar-refractivity contribution < 1.29 is 14.8 Å². The summed E-state index contributed by atoms with van der Waals surface area (Å²) < 4.78 is 0. The molecule has 14 heavy (non-hydrogen) atoms. The van der Waals surface area contributed by atoms with Crippen LogP contribution in [0.1, 0.15) is 6.92 Å². The van der Waals surface area contributed by atoms with Crippen molar-refractivity contribution in [3.8, 4) is 0 Å². The highest BCUT2D eigenvalue weighted by Gasteiger charge is 1.97. The molecule has 1 aromatic heterocycles. The van der Waals surface area contributed by atoms with Gasteiger partial charge in [0.15, 0.2) is 0 Å². The molecule has 0 atom stereocenters. The van der Waals surface area contributed by atoms with Crippen molar-refractivity contribution in [2.75, 3.05) is 6.54 Å². The van der Waals surface area contributed by atoms with E-state index in [4.69, 9.17) is 5.21 Å². The van der Waals surface area contributed by atoms with Crippen LogP contribution in [0.3, 0.4) is 0 Å². The van der Waals surface area contributed by atoms with Gasteiger partial charge in [-0.1, -0.05) is 0 Å². The summed E-state index contributed by atoms with van der Waals surface area (Å²) in [5.74, 6) is -0.941. The number of aromatic nitrogens is 1. The molecule has 7 heteroatoms. The van der Waals surface area contributed by atoms with Crippen LogP contribution < -0.4 is 10.8 Å². The summed E-state index contributed by atoms with van der Waals surface area (Å²) in [6.07, 6.45) is 1.77. The van der Waals surface area contributed by atoms with E-state index in [0.717, 1.165) is 0 Å². The smallest absolute Gasteiger partial charge is 0.262 e. The van der Waals surface area contributed by atoms with Crippen molar-refractivity contribution in [1.82, 2.24) is 15.8 Å². The monoisotopic (exact) mass is 217 g/mol. The first kappa shape index (κ1) is 12.5. The van der Waals surface area contributed by atoms with Gasteiger partial charge in [0.2, 0.25) is 5.91 Å². The quantitative estimate of drug-likeness (QED) is 0.471. The average molecular weight is 217 g/mol. The summed E-state index contributed by atoms with van der Waals surface area (Å²) in [6, 6.07) is 0. The number of amides is 2. The number of thiazole rings is 1. The summed E-state index contributed by atoms with van der Waals surface area (Å²) in [6.45, 7) is 1.09. The van der Waals surface area contributed by atoms with Crippen LogP contribution in [0.4, 0.5) is 0 Å². The molecule has 0 unspecified atom stereocenters. The summed E-state index contributed by atoms with van der Waals surface area (Å²) in [5, 5.41) is 12.0. The Labute approximate surface area is 84.9 Å². The number of nitrogens with zero attached hydrogens (tertiary/aromatic N) is 1. The fourth-order valence-corrected chi connectivity index (χ4v) is 0.771. The lowest BCUT2D eigenvalue weighted by Gasteiger charge is -1.97. The largest absolute Gasteiger partial charge is 0.347 e. The van der Waals surface area contributed by atoms with Crippen LogP contribution in [0.25, 0.3) is 0 Å². The molecule has 3 N–H and O–H groups in total. The van der Waals surface area contributed by atoms with E-state index < -0.39 is 5.91 Å². The molecule has 0 aromatic carbocycles. The second-order valence-electron chi connectivity index (χ2n) is 2.12. The van der Waals surface area contributed by atoms with Gasteiger partial charge in [-0.15, -0.1) is 11.3 Å². The predicted octanol–water partition coefficient (Wildman–Crippen LogP) is -0.229.